The first kappa shape index (κ1) is 15.8. The van der Waals surface area contributed by atoms with Gasteiger partial charge in [0.05, 0.1) is 6.61 Å². The Hall–Kier alpha value is -1.30. The Balaban J connectivity index is 2.59. The standard InChI is InChI=1S/C13H24N2O4/c1-4-13(2,11(16)17)14-12(18)15-7-5-6-10(8-15)9-19-3/h10H,4-9H2,1-3H3,(H,14,18)(H,16,17). The fourth-order valence-electron chi connectivity index (χ4n) is 2.23. The fraction of sp³-hybridized carbons (Fsp3) is 0.846. The van der Waals surface area contributed by atoms with Crippen LogP contribution in [0.5, 0.6) is 0 Å². The minimum atomic E-state index is -1.20. The topological polar surface area (TPSA) is 78.9 Å². The first-order valence-corrected chi connectivity index (χ1v) is 6.72. The molecule has 0 aromatic carbocycles. The van der Waals surface area contributed by atoms with Crippen molar-refractivity contribution in [3.63, 3.8) is 0 Å². The van der Waals surface area contributed by atoms with E-state index in [1.807, 2.05) is 0 Å². The number of carbonyl (C=O) groups is 2. The molecule has 0 radical (unpaired) electrons. The molecule has 2 unspecified atom stereocenters. The number of methoxy groups -OCH3 is 1. The molecule has 6 nitrogen and oxygen atoms in total. The summed E-state index contributed by atoms with van der Waals surface area (Å²) in [5, 5.41) is 11.8. The summed E-state index contributed by atoms with van der Waals surface area (Å²) in [4.78, 5) is 25.0. The molecule has 2 N–H and O–H groups in total. The third-order valence-corrected chi connectivity index (χ3v) is 3.77. The van der Waals surface area contributed by atoms with Crippen molar-refractivity contribution in [3.8, 4) is 0 Å². The van der Waals surface area contributed by atoms with Crippen LogP contribution >= 0.6 is 0 Å². The second-order valence-corrected chi connectivity index (χ2v) is 5.33. The van der Waals surface area contributed by atoms with E-state index in [1.54, 1.807) is 18.9 Å². The highest BCUT2D eigenvalue weighted by molar-refractivity contribution is 5.85. The van der Waals surface area contributed by atoms with Gasteiger partial charge < -0.3 is 20.1 Å². The highest BCUT2D eigenvalue weighted by Crippen LogP contribution is 2.18. The van der Waals surface area contributed by atoms with Crippen molar-refractivity contribution in [3.05, 3.63) is 0 Å². The summed E-state index contributed by atoms with van der Waals surface area (Å²) < 4.78 is 5.12. The van der Waals surface area contributed by atoms with E-state index in [4.69, 9.17) is 9.84 Å². The van der Waals surface area contributed by atoms with E-state index in [0.29, 0.717) is 32.0 Å². The highest BCUT2D eigenvalue weighted by atomic mass is 16.5. The largest absolute Gasteiger partial charge is 0.480 e. The molecule has 0 aromatic rings. The number of carbonyl (C=O) groups excluding carboxylic acids is 1. The first-order chi connectivity index (χ1) is 8.92. The number of amides is 2. The molecule has 1 saturated heterocycles. The minimum Gasteiger partial charge on any atom is -0.480 e. The Labute approximate surface area is 114 Å². The quantitative estimate of drug-likeness (QED) is 0.791. The molecular formula is C13H24N2O4. The van der Waals surface area contributed by atoms with Crippen molar-refractivity contribution < 1.29 is 19.4 Å². The summed E-state index contributed by atoms with van der Waals surface area (Å²) >= 11 is 0. The van der Waals surface area contributed by atoms with Gasteiger partial charge in [-0.3, -0.25) is 0 Å². The Kier molecular flexibility index (Phi) is 5.60. The molecule has 2 atom stereocenters. The van der Waals surface area contributed by atoms with Crippen LogP contribution in [0.4, 0.5) is 4.79 Å². The third-order valence-electron chi connectivity index (χ3n) is 3.77. The predicted molar refractivity (Wildman–Crippen MR) is 71.0 cm³/mol. The van der Waals surface area contributed by atoms with Crippen LogP contribution in [0.25, 0.3) is 0 Å². The number of carboxylic acids is 1. The van der Waals surface area contributed by atoms with Gasteiger partial charge >= 0.3 is 12.0 Å². The lowest BCUT2D eigenvalue weighted by atomic mass is 9.98. The maximum Gasteiger partial charge on any atom is 0.329 e. The third kappa shape index (κ3) is 4.09. The summed E-state index contributed by atoms with van der Waals surface area (Å²) in [6, 6.07) is -0.299. The number of rotatable bonds is 5. The smallest absolute Gasteiger partial charge is 0.329 e. The number of nitrogens with one attached hydrogen (secondary N) is 1. The number of nitrogens with zero attached hydrogens (tertiary/aromatic N) is 1. The molecule has 1 aliphatic heterocycles. The zero-order valence-electron chi connectivity index (χ0n) is 11.9. The van der Waals surface area contributed by atoms with E-state index in [2.05, 4.69) is 5.32 Å². The maximum atomic E-state index is 12.1. The average molecular weight is 272 g/mol. The predicted octanol–water partition coefficient (Wildman–Crippen LogP) is 1.31. The van der Waals surface area contributed by atoms with Crippen molar-refractivity contribution in [2.24, 2.45) is 5.92 Å². The fourth-order valence-corrected chi connectivity index (χ4v) is 2.23. The van der Waals surface area contributed by atoms with Gasteiger partial charge in [-0.2, -0.15) is 0 Å². The molecule has 2 amide bonds. The van der Waals surface area contributed by atoms with Crippen LogP contribution < -0.4 is 5.32 Å². The summed E-state index contributed by atoms with van der Waals surface area (Å²) in [6.45, 7) is 5.21. The van der Waals surface area contributed by atoms with Crippen molar-refractivity contribution in [1.82, 2.24) is 10.2 Å². The summed E-state index contributed by atoms with van der Waals surface area (Å²) in [7, 11) is 1.65. The Morgan fingerprint density at radius 1 is 1.53 bits per heavy atom. The van der Waals surface area contributed by atoms with Gasteiger partial charge in [-0.1, -0.05) is 6.92 Å². The van der Waals surface area contributed by atoms with Crippen LogP contribution in [-0.2, 0) is 9.53 Å². The molecule has 19 heavy (non-hydrogen) atoms. The number of hydrogen-bond acceptors (Lipinski definition) is 3. The van der Waals surface area contributed by atoms with E-state index in [0.717, 1.165) is 12.8 Å². The second kappa shape index (κ2) is 6.75. The van der Waals surface area contributed by atoms with E-state index < -0.39 is 11.5 Å². The first-order valence-electron chi connectivity index (χ1n) is 6.72. The van der Waals surface area contributed by atoms with Gasteiger partial charge in [0, 0.05) is 26.1 Å². The van der Waals surface area contributed by atoms with Crippen LogP contribution in [0.2, 0.25) is 0 Å². The number of ether oxygens (including phenoxy) is 1. The van der Waals surface area contributed by atoms with Crippen molar-refractivity contribution in [2.45, 2.75) is 38.6 Å². The Morgan fingerprint density at radius 3 is 2.74 bits per heavy atom. The highest BCUT2D eigenvalue weighted by Gasteiger charge is 2.35. The van der Waals surface area contributed by atoms with Gasteiger partial charge in [0.25, 0.3) is 0 Å². The molecule has 1 rings (SSSR count). The molecular weight excluding hydrogens is 248 g/mol. The van der Waals surface area contributed by atoms with Gasteiger partial charge in [-0.15, -0.1) is 0 Å². The maximum absolute atomic E-state index is 12.1. The van der Waals surface area contributed by atoms with Gasteiger partial charge in [0.2, 0.25) is 0 Å². The molecule has 0 bridgehead atoms. The van der Waals surface area contributed by atoms with Crippen LogP contribution in [-0.4, -0.2) is 54.4 Å². The molecule has 0 aliphatic carbocycles. The summed E-state index contributed by atoms with van der Waals surface area (Å²) in [5.74, 6) is -0.670. The molecule has 1 fully saturated rings. The van der Waals surface area contributed by atoms with Crippen molar-refractivity contribution >= 4 is 12.0 Å². The average Bonchev–Trinajstić information content (AvgIpc) is 2.39. The van der Waals surface area contributed by atoms with E-state index in [-0.39, 0.29) is 6.03 Å². The molecule has 1 heterocycles. The normalized spacial score (nSPS) is 22.7. The van der Waals surface area contributed by atoms with Crippen LogP contribution in [0, 0.1) is 5.92 Å². The van der Waals surface area contributed by atoms with Crippen molar-refractivity contribution in [1.29, 1.82) is 0 Å². The van der Waals surface area contributed by atoms with Gasteiger partial charge in [-0.25, -0.2) is 9.59 Å². The SMILES string of the molecule is CCC(C)(NC(=O)N1CCCC(COC)C1)C(=O)O. The number of likely N-dealkylation sites (tertiary alicyclic amines) is 1. The lowest BCUT2D eigenvalue weighted by Crippen LogP contribution is -2.57. The van der Waals surface area contributed by atoms with E-state index >= 15 is 0 Å². The van der Waals surface area contributed by atoms with Crippen LogP contribution in [0.15, 0.2) is 0 Å². The Morgan fingerprint density at radius 2 is 2.21 bits per heavy atom. The molecule has 6 heteroatoms. The lowest BCUT2D eigenvalue weighted by Gasteiger charge is -2.35. The zero-order chi connectivity index (χ0) is 14.5. The zero-order valence-corrected chi connectivity index (χ0v) is 11.9. The molecule has 110 valence electrons. The number of aliphatic carboxylic acids is 1. The summed E-state index contributed by atoms with van der Waals surface area (Å²) in [5.41, 5.74) is -1.20. The minimum absolute atomic E-state index is 0.299. The lowest BCUT2D eigenvalue weighted by molar-refractivity contribution is -0.143. The van der Waals surface area contributed by atoms with Gasteiger partial charge in [-0.05, 0) is 26.2 Å². The Bertz CT molecular complexity index is 333. The second-order valence-electron chi connectivity index (χ2n) is 5.33. The number of piperidine rings is 1. The van der Waals surface area contributed by atoms with E-state index in [9.17, 15) is 9.59 Å². The molecule has 0 saturated carbocycles. The number of urea groups is 1. The van der Waals surface area contributed by atoms with E-state index in [1.165, 1.54) is 6.92 Å². The molecule has 1 aliphatic rings. The van der Waals surface area contributed by atoms with Gasteiger partial charge in [0.1, 0.15) is 5.54 Å². The number of hydrogen-bond donors (Lipinski definition) is 2. The van der Waals surface area contributed by atoms with Crippen LogP contribution in [0.1, 0.15) is 33.1 Å². The van der Waals surface area contributed by atoms with Gasteiger partial charge in [0.15, 0.2) is 0 Å². The molecule has 0 aromatic heterocycles. The number of carboxylic acid groups (broad SMARTS) is 1. The summed E-state index contributed by atoms with van der Waals surface area (Å²) in [6.07, 6.45) is 2.32. The van der Waals surface area contributed by atoms with Crippen LogP contribution in [0.3, 0.4) is 0 Å². The monoisotopic (exact) mass is 272 g/mol. The van der Waals surface area contributed by atoms with Crippen molar-refractivity contribution in [2.75, 3.05) is 26.8 Å². The molecule has 0 spiro atoms.